The minimum Gasteiger partial charge on any atom is -0.395 e. The molecule has 1 aliphatic rings. The van der Waals surface area contributed by atoms with Gasteiger partial charge in [-0.25, -0.2) is 4.79 Å². The van der Waals surface area contributed by atoms with Crippen molar-refractivity contribution in [3.05, 3.63) is 32.6 Å². The first-order chi connectivity index (χ1) is 8.02. The van der Waals surface area contributed by atoms with Crippen LogP contribution >= 0.6 is 11.8 Å². The lowest BCUT2D eigenvalue weighted by Crippen LogP contribution is -2.32. The molecule has 0 amide bonds. The third kappa shape index (κ3) is 2.31. The number of aryl methyl sites for hydroxylation is 1. The normalized spacial score (nSPS) is 28.5. The zero-order valence-electron chi connectivity index (χ0n) is 9.29. The second kappa shape index (κ2) is 4.67. The fraction of sp³-hybridized carbons (Fsp3) is 0.600. The van der Waals surface area contributed by atoms with Crippen LogP contribution in [0.3, 0.4) is 0 Å². The molecule has 1 aliphatic heterocycles. The number of aromatic amines is 1. The van der Waals surface area contributed by atoms with Crippen molar-refractivity contribution in [3.8, 4) is 0 Å². The highest BCUT2D eigenvalue weighted by atomic mass is 32.2. The summed E-state index contributed by atoms with van der Waals surface area (Å²) in [5.74, 6) is 0. The van der Waals surface area contributed by atoms with Crippen LogP contribution < -0.4 is 11.2 Å². The first-order valence-electron chi connectivity index (χ1n) is 5.29. The van der Waals surface area contributed by atoms with Crippen LogP contribution in [0.4, 0.5) is 0 Å². The van der Waals surface area contributed by atoms with Gasteiger partial charge in [0.2, 0.25) is 0 Å². The average Bonchev–Trinajstić information content (AvgIpc) is 2.65. The Hall–Kier alpha value is -1.05. The minimum atomic E-state index is -0.630. The van der Waals surface area contributed by atoms with Crippen LogP contribution in [0, 0.1) is 6.92 Å². The van der Waals surface area contributed by atoms with Gasteiger partial charge in [-0.15, -0.1) is 11.8 Å². The number of rotatable bonds is 2. The molecule has 94 valence electrons. The van der Waals surface area contributed by atoms with Gasteiger partial charge >= 0.3 is 5.69 Å². The van der Waals surface area contributed by atoms with E-state index in [0.717, 1.165) is 0 Å². The molecule has 0 aromatic carbocycles. The molecule has 0 aliphatic carbocycles. The van der Waals surface area contributed by atoms with E-state index >= 15 is 0 Å². The highest BCUT2D eigenvalue weighted by Crippen LogP contribution is 2.40. The Morgan fingerprint density at radius 2 is 2.29 bits per heavy atom. The molecule has 1 unspecified atom stereocenters. The summed E-state index contributed by atoms with van der Waals surface area (Å²) in [5.41, 5.74) is -0.426. The maximum atomic E-state index is 11.6. The van der Waals surface area contributed by atoms with E-state index in [0.29, 0.717) is 12.0 Å². The van der Waals surface area contributed by atoms with E-state index in [4.69, 9.17) is 5.11 Å². The highest BCUT2D eigenvalue weighted by Gasteiger charge is 2.34. The smallest absolute Gasteiger partial charge is 0.329 e. The Labute approximate surface area is 101 Å². The number of nitrogens with zero attached hydrogens (tertiary/aromatic N) is 1. The number of aliphatic hydroxyl groups is 2. The van der Waals surface area contributed by atoms with E-state index in [1.807, 2.05) is 0 Å². The third-order valence-corrected chi connectivity index (χ3v) is 4.39. The molecule has 7 heteroatoms. The molecular weight excluding hydrogens is 244 g/mol. The van der Waals surface area contributed by atoms with Gasteiger partial charge in [0.1, 0.15) is 0 Å². The van der Waals surface area contributed by atoms with Gasteiger partial charge in [-0.2, -0.15) is 0 Å². The van der Waals surface area contributed by atoms with Gasteiger partial charge in [-0.3, -0.25) is 14.3 Å². The minimum absolute atomic E-state index is 0.126. The molecule has 0 spiro atoms. The second-order valence-corrected chi connectivity index (χ2v) is 5.52. The quantitative estimate of drug-likeness (QED) is 0.645. The fourth-order valence-electron chi connectivity index (χ4n) is 1.85. The first-order valence-corrected chi connectivity index (χ1v) is 6.23. The molecule has 3 N–H and O–H groups in total. The van der Waals surface area contributed by atoms with Gasteiger partial charge in [0.05, 0.1) is 23.3 Å². The number of nitrogens with one attached hydrogen (secondary N) is 1. The lowest BCUT2D eigenvalue weighted by Gasteiger charge is -2.13. The molecule has 17 heavy (non-hydrogen) atoms. The number of hydrogen-bond donors (Lipinski definition) is 3. The van der Waals surface area contributed by atoms with Crippen LogP contribution in [0.2, 0.25) is 0 Å². The SMILES string of the molecule is Cc1cn(C2C[C@H](O)[C@@H](CO)S2)c(=O)[nH]c1=O. The highest BCUT2D eigenvalue weighted by molar-refractivity contribution is 8.00. The molecule has 3 atom stereocenters. The van der Waals surface area contributed by atoms with Crippen molar-refractivity contribution in [2.75, 3.05) is 6.61 Å². The molecule has 1 fully saturated rings. The Morgan fingerprint density at radius 3 is 2.88 bits per heavy atom. The van der Waals surface area contributed by atoms with Crippen molar-refractivity contribution < 1.29 is 10.2 Å². The molecule has 6 nitrogen and oxygen atoms in total. The molecule has 0 saturated carbocycles. The van der Waals surface area contributed by atoms with Gasteiger partial charge < -0.3 is 10.2 Å². The average molecular weight is 258 g/mol. The maximum Gasteiger partial charge on any atom is 0.329 e. The summed E-state index contributed by atoms with van der Waals surface area (Å²) in [7, 11) is 0. The summed E-state index contributed by atoms with van der Waals surface area (Å²) in [6.07, 6.45) is 1.25. The van der Waals surface area contributed by atoms with E-state index in [-0.39, 0.29) is 17.2 Å². The number of hydrogen-bond acceptors (Lipinski definition) is 5. The number of thioether (sulfide) groups is 1. The fourth-order valence-corrected chi connectivity index (χ4v) is 3.23. The molecule has 0 bridgehead atoms. The van der Waals surface area contributed by atoms with Gasteiger partial charge in [0.15, 0.2) is 0 Å². The molecule has 2 rings (SSSR count). The monoisotopic (exact) mass is 258 g/mol. The van der Waals surface area contributed by atoms with E-state index in [2.05, 4.69) is 4.98 Å². The largest absolute Gasteiger partial charge is 0.395 e. The molecule has 0 radical (unpaired) electrons. The van der Waals surface area contributed by atoms with Crippen molar-refractivity contribution in [2.24, 2.45) is 0 Å². The zero-order chi connectivity index (χ0) is 12.6. The van der Waals surface area contributed by atoms with Crippen molar-refractivity contribution in [3.63, 3.8) is 0 Å². The Kier molecular flexibility index (Phi) is 3.41. The van der Waals surface area contributed by atoms with Crippen molar-refractivity contribution in [1.82, 2.24) is 9.55 Å². The Morgan fingerprint density at radius 1 is 1.59 bits per heavy atom. The van der Waals surface area contributed by atoms with Crippen LogP contribution in [0.1, 0.15) is 17.4 Å². The van der Waals surface area contributed by atoms with Crippen LogP contribution in [-0.2, 0) is 0 Å². The summed E-state index contributed by atoms with van der Waals surface area (Å²) in [6, 6.07) is 0. The molecule has 1 saturated heterocycles. The first kappa shape index (κ1) is 12.4. The van der Waals surface area contributed by atoms with E-state index in [1.165, 1.54) is 22.5 Å². The maximum absolute atomic E-state index is 11.6. The van der Waals surface area contributed by atoms with E-state index in [9.17, 15) is 14.7 Å². The van der Waals surface area contributed by atoms with Crippen molar-refractivity contribution >= 4 is 11.8 Å². The number of aromatic nitrogens is 2. The van der Waals surface area contributed by atoms with Gasteiger partial charge in [-0.1, -0.05) is 0 Å². The van der Waals surface area contributed by atoms with E-state index < -0.39 is 17.4 Å². The lowest BCUT2D eigenvalue weighted by atomic mass is 10.2. The second-order valence-electron chi connectivity index (χ2n) is 4.09. The molecule has 2 heterocycles. The number of H-pyrrole nitrogens is 1. The van der Waals surface area contributed by atoms with Crippen LogP contribution in [0.5, 0.6) is 0 Å². The summed E-state index contributed by atoms with van der Waals surface area (Å²) >= 11 is 1.34. The van der Waals surface area contributed by atoms with Gasteiger partial charge in [0, 0.05) is 18.2 Å². The number of aliphatic hydroxyl groups excluding tert-OH is 2. The van der Waals surface area contributed by atoms with Crippen LogP contribution in [-0.4, -0.2) is 37.7 Å². The van der Waals surface area contributed by atoms with E-state index in [1.54, 1.807) is 6.92 Å². The summed E-state index contributed by atoms with van der Waals surface area (Å²) in [4.78, 5) is 25.1. The summed E-state index contributed by atoms with van der Waals surface area (Å²) in [5, 5.41) is 18.2. The standard InChI is InChI=1S/C10H14N2O4S/c1-5-3-12(10(16)11-9(5)15)8-2-6(14)7(4-13)17-8/h3,6-8,13-14H,2,4H2,1H3,(H,11,15,16)/t6-,7+,8?/m0/s1. The Balaban J connectivity index is 2.34. The summed E-state index contributed by atoms with van der Waals surface area (Å²) in [6.45, 7) is 1.49. The zero-order valence-corrected chi connectivity index (χ0v) is 10.1. The predicted molar refractivity (Wildman–Crippen MR) is 64.2 cm³/mol. The van der Waals surface area contributed by atoms with Crippen molar-refractivity contribution in [2.45, 2.75) is 30.1 Å². The van der Waals surface area contributed by atoms with Gasteiger partial charge in [0.25, 0.3) is 5.56 Å². The topological polar surface area (TPSA) is 95.3 Å². The molecular formula is C10H14N2O4S. The van der Waals surface area contributed by atoms with Crippen LogP contribution in [0.15, 0.2) is 15.8 Å². The third-order valence-electron chi connectivity index (χ3n) is 2.84. The lowest BCUT2D eigenvalue weighted by molar-refractivity contribution is 0.137. The van der Waals surface area contributed by atoms with Gasteiger partial charge in [-0.05, 0) is 6.92 Å². The predicted octanol–water partition coefficient (Wildman–Crippen LogP) is -0.798. The van der Waals surface area contributed by atoms with Crippen LogP contribution in [0.25, 0.3) is 0 Å². The molecule has 1 aromatic rings. The van der Waals surface area contributed by atoms with Crippen molar-refractivity contribution in [1.29, 1.82) is 0 Å². The Bertz CT molecular complexity index is 524. The summed E-state index contributed by atoms with van der Waals surface area (Å²) < 4.78 is 1.40. The molecule has 1 aromatic heterocycles.